The van der Waals surface area contributed by atoms with Gasteiger partial charge in [0.05, 0.1) is 24.6 Å². The second-order valence-corrected chi connectivity index (χ2v) is 14.0. The molecule has 1 aromatic heterocycles. The molecule has 2 saturated heterocycles. The molecule has 13 heteroatoms. The van der Waals surface area contributed by atoms with E-state index in [0.29, 0.717) is 60.9 Å². The molecule has 2 amide bonds. The van der Waals surface area contributed by atoms with Crippen molar-refractivity contribution in [2.45, 2.75) is 56.7 Å². The van der Waals surface area contributed by atoms with Crippen LogP contribution in [0.1, 0.15) is 40.0 Å². The Kier molecular flexibility index (Phi) is 7.28. The molecule has 3 aliphatic rings. The van der Waals surface area contributed by atoms with Gasteiger partial charge in [-0.05, 0) is 57.9 Å². The van der Waals surface area contributed by atoms with Crippen molar-refractivity contribution in [1.29, 1.82) is 0 Å². The molecule has 0 aliphatic carbocycles. The third-order valence-electron chi connectivity index (χ3n) is 7.35. The molecule has 2 aromatic rings. The molecule has 11 nitrogen and oxygen atoms in total. The molecule has 0 N–H and O–H groups in total. The van der Waals surface area contributed by atoms with Gasteiger partial charge >= 0.3 is 6.09 Å². The third kappa shape index (κ3) is 5.51. The van der Waals surface area contributed by atoms with Crippen LogP contribution in [-0.4, -0.2) is 101 Å². The quantitative estimate of drug-likeness (QED) is 0.521. The van der Waals surface area contributed by atoms with Crippen LogP contribution in [0.3, 0.4) is 0 Å². The van der Waals surface area contributed by atoms with Crippen LogP contribution >= 0.6 is 11.6 Å². The van der Waals surface area contributed by atoms with Gasteiger partial charge in [-0.2, -0.15) is 0 Å². The summed E-state index contributed by atoms with van der Waals surface area (Å²) < 4.78 is 33.4. The summed E-state index contributed by atoms with van der Waals surface area (Å²) in [5.74, 6) is -0.718. The Morgan fingerprint density at radius 3 is 2.45 bits per heavy atom. The monoisotopic (exact) mass is 591 g/mol. The summed E-state index contributed by atoms with van der Waals surface area (Å²) in [7, 11) is -2.11. The van der Waals surface area contributed by atoms with Crippen molar-refractivity contribution >= 4 is 50.2 Å². The zero-order chi connectivity index (χ0) is 29.0. The van der Waals surface area contributed by atoms with Crippen molar-refractivity contribution in [2.75, 3.05) is 39.2 Å². The summed E-state index contributed by atoms with van der Waals surface area (Å²) in [4.78, 5) is 46.4. The van der Waals surface area contributed by atoms with Gasteiger partial charge in [0.1, 0.15) is 16.3 Å². The number of carbonyl (C=O) groups is 3. The molecule has 1 aromatic carbocycles. The number of amides is 2. The van der Waals surface area contributed by atoms with E-state index in [9.17, 15) is 22.8 Å². The number of halogens is 1. The number of rotatable bonds is 5. The lowest BCUT2D eigenvalue weighted by molar-refractivity contribution is -0.133. The lowest BCUT2D eigenvalue weighted by atomic mass is 10.0. The topological polar surface area (TPSA) is 112 Å². The SMILES string of the molecule is CN1C=C2C(=O)N(C3CCN(C(=O)CCS(=O)(=O)c4cc5cc(Cl)ccc5n4C(=O)OC(C)(C)C)CC3)CN2C1. The Bertz CT molecular complexity index is 1500. The van der Waals surface area contributed by atoms with Gasteiger partial charge in [0.2, 0.25) is 5.91 Å². The van der Waals surface area contributed by atoms with Crippen molar-refractivity contribution < 1.29 is 27.5 Å². The number of benzene rings is 1. The van der Waals surface area contributed by atoms with Gasteiger partial charge < -0.3 is 24.3 Å². The average Bonchev–Trinajstić information content (AvgIpc) is 3.53. The maximum Gasteiger partial charge on any atom is 0.420 e. The molecule has 0 saturated carbocycles. The predicted octanol–water partition coefficient (Wildman–Crippen LogP) is 3.08. The molecule has 40 heavy (non-hydrogen) atoms. The Labute approximate surface area is 238 Å². The number of likely N-dealkylation sites (tertiary alicyclic amines) is 1. The van der Waals surface area contributed by atoms with Crippen LogP contribution in [0, 0.1) is 0 Å². The number of carbonyl (C=O) groups excluding carboxylic acids is 3. The van der Waals surface area contributed by atoms with Crippen molar-refractivity contribution in [3.05, 3.63) is 41.2 Å². The summed E-state index contributed by atoms with van der Waals surface area (Å²) in [5.41, 5.74) is 0.217. The minimum Gasteiger partial charge on any atom is -0.443 e. The van der Waals surface area contributed by atoms with Crippen LogP contribution in [0.4, 0.5) is 4.79 Å². The fraction of sp³-hybridized carbons (Fsp3) is 0.519. The van der Waals surface area contributed by atoms with E-state index >= 15 is 0 Å². The highest BCUT2D eigenvalue weighted by Crippen LogP contribution is 2.30. The number of nitrogens with zero attached hydrogens (tertiary/aromatic N) is 5. The van der Waals surface area contributed by atoms with Gasteiger partial charge in [-0.25, -0.2) is 17.8 Å². The maximum atomic E-state index is 13.5. The van der Waals surface area contributed by atoms with Crippen LogP contribution in [0.15, 0.2) is 41.2 Å². The number of piperidine rings is 1. The molecule has 5 rings (SSSR count). The van der Waals surface area contributed by atoms with E-state index in [0.717, 1.165) is 4.57 Å². The molecule has 0 bridgehead atoms. The van der Waals surface area contributed by atoms with Crippen molar-refractivity contribution in [2.24, 2.45) is 0 Å². The van der Waals surface area contributed by atoms with Crippen molar-refractivity contribution in [1.82, 2.24) is 24.2 Å². The number of hydrogen-bond acceptors (Lipinski definition) is 8. The Morgan fingerprint density at radius 2 is 1.80 bits per heavy atom. The van der Waals surface area contributed by atoms with Crippen LogP contribution in [0.5, 0.6) is 0 Å². The van der Waals surface area contributed by atoms with Crippen LogP contribution in [0.25, 0.3) is 10.9 Å². The first kappa shape index (κ1) is 28.3. The Balaban J connectivity index is 1.25. The highest BCUT2D eigenvalue weighted by molar-refractivity contribution is 7.91. The predicted molar refractivity (Wildman–Crippen MR) is 149 cm³/mol. The standard InChI is InChI=1S/C27H34ClN5O6S/c1-27(2,3)39-26(36)33-21-6-5-19(28)13-18(21)14-24(33)40(37,38)12-9-23(34)30-10-7-20(8-11-30)32-17-31-16-29(4)15-22(31)25(32)35/h5-6,13-15,20H,7-12,16-17H2,1-4H3. The summed E-state index contributed by atoms with van der Waals surface area (Å²) >= 11 is 6.11. The van der Waals surface area contributed by atoms with Crippen molar-refractivity contribution in [3.8, 4) is 0 Å². The first-order chi connectivity index (χ1) is 18.7. The largest absolute Gasteiger partial charge is 0.443 e. The lowest BCUT2D eigenvalue weighted by Gasteiger charge is -2.36. The van der Waals surface area contributed by atoms with Crippen LogP contribution in [0.2, 0.25) is 5.02 Å². The Morgan fingerprint density at radius 1 is 1.10 bits per heavy atom. The molecule has 216 valence electrons. The second-order valence-electron chi connectivity index (χ2n) is 11.6. The highest BCUT2D eigenvalue weighted by atomic mass is 35.5. The fourth-order valence-corrected chi connectivity index (χ4v) is 7.05. The number of ether oxygens (including phenoxy) is 1. The summed E-state index contributed by atoms with van der Waals surface area (Å²) in [6.07, 6.45) is 2.08. The highest BCUT2D eigenvalue weighted by Gasteiger charge is 2.41. The average molecular weight is 592 g/mol. The minimum absolute atomic E-state index is 0.0156. The number of aromatic nitrogens is 1. The zero-order valence-corrected chi connectivity index (χ0v) is 24.7. The van der Waals surface area contributed by atoms with Crippen molar-refractivity contribution in [3.63, 3.8) is 0 Å². The summed E-state index contributed by atoms with van der Waals surface area (Å²) in [6.45, 7) is 7.21. The first-order valence-corrected chi connectivity index (χ1v) is 15.3. The number of hydrogen-bond donors (Lipinski definition) is 0. The van der Waals surface area contributed by atoms with Gasteiger partial charge in [-0.3, -0.25) is 9.59 Å². The van der Waals surface area contributed by atoms with E-state index in [1.165, 1.54) is 6.07 Å². The molecule has 0 unspecified atom stereocenters. The number of fused-ring (bicyclic) bond motifs is 2. The molecule has 4 heterocycles. The molecule has 3 aliphatic heterocycles. The van der Waals surface area contributed by atoms with Gasteiger partial charge in [0, 0.05) is 49.2 Å². The molecule has 0 atom stereocenters. The molecular weight excluding hydrogens is 558 g/mol. The fourth-order valence-electron chi connectivity index (χ4n) is 5.46. The molecular formula is C27H34ClN5O6S. The van der Waals surface area contributed by atoms with E-state index < -0.39 is 27.3 Å². The van der Waals surface area contributed by atoms with Crippen LogP contribution in [-0.2, 0) is 24.2 Å². The first-order valence-electron chi connectivity index (χ1n) is 13.3. The normalized spacial score (nSPS) is 18.5. The molecule has 0 spiro atoms. The third-order valence-corrected chi connectivity index (χ3v) is 9.26. The summed E-state index contributed by atoms with van der Waals surface area (Å²) in [6, 6.07) is 6.15. The van der Waals surface area contributed by atoms with Gasteiger partial charge in [0.25, 0.3) is 5.91 Å². The van der Waals surface area contributed by atoms with E-state index in [4.69, 9.17) is 16.3 Å². The van der Waals surface area contributed by atoms with Gasteiger partial charge in [0.15, 0.2) is 9.84 Å². The zero-order valence-electron chi connectivity index (χ0n) is 23.1. The van der Waals surface area contributed by atoms with E-state index in [2.05, 4.69) is 0 Å². The second kappa shape index (κ2) is 10.3. The van der Waals surface area contributed by atoms with Gasteiger partial charge in [-0.1, -0.05) is 11.6 Å². The maximum absolute atomic E-state index is 13.5. The van der Waals surface area contributed by atoms with Crippen LogP contribution < -0.4 is 0 Å². The minimum atomic E-state index is -4.04. The summed E-state index contributed by atoms with van der Waals surface area (Å²) in [5, 5.41) is 0.639. The molecule has 0 radical (unpaired) electrons. The van der Waals surface area contributed by atoms with E-state index in [1.54, 1.807) is 43.9 Å². The van der Waals surface area contributed by atoms with Gasteiger partial charge in [-0.15, -0.1) is 0 Å². The smallest absolute Gasteiger partial charge is 0.420 e. The lowest BCUT2D eigenvalue weighted by Crippen LogP contribution is -2.48. The number of sulfone groups is 1. The molecule has 2 fully saturated rings. The Hall–Kier alpha value is -3.25. The van der Waals surface area contributed by atoms with E-state index in [-0.39, 0.29) is 29.3 Å². The van der Waals surface area contributed by atoms with E-state index in [1.807, 2.05) is 27.9 Å².